The van der Waals surface area contributed by atoms with E-state index in [0.29, 0.717) is 11.8 Å². The smallest absolute Gasteiger partial charge is 0.201 e. The molecule has 0 unspecified atom stereocenters. The van der Waals surface area contributed by atoms with E-state index >= 15 is 0 Å². The highest BCUT2D eigenvalue weighted by Gasteiger charge is 2.18. The molecule has 3 nitrogen and oxygen atoms in total. The Kier molecular flexibility index (Phi) is 2.52. The van der Waals surface area contributed by atoms with Crippen LogP contribution >= 0.6 is 0 Å². The first kappa shape index (κ1) is 10.5. The molecule has 0 amide bonds. The van der Waals surface area contributed by atoms with Crippen molar-refractivity contribution in [2.45, 2.75) is 6.92 Å². The van der Waals surface area contributed by atoms with Crippen molar-refractivity contribution in [3.05, 3.63) is 52.9 Å². The number of aryl methyl sites for hydroxylation is 1. The van der Waals surface area contributed by atoms with E-state index in [1.165, 1.54) is 6.20 Å². The number of rotatable bonds is 2. The van der Waals surface area contributed by atoms with Crippen molar-refractivity contribution >= 4 is 5.78 Å². The van der Waals surface area contributed by atoms with Crippen LogP contribution in [0.4, 0.5) is 8.78 Å². The van der Waals surface area contributed by atoms with Crippen LogP contribution in [-0.2, 0) is 0 Å². The van der Waals surface area contributed by atoms with Crippen molar-refractivity contribution in [3.8, 4) is 0 Å². The third kappa shape index (κ3) is 1.71. The third-order valence-electron chi connectivity index (χ3n) is 2.17. The largest absolute Gasteiger partial charge is 0.361 e. The summed E-state index contributed by atoms with van der Waals surface area (Å²) in [5, 5.41) is 3.42. The van der Waals surface area contributed by atoms with Gasteiger partial charge in [0.2, 0.25) is 5.78 Å². The van der Waals surface area contributed by atoms with Gasteiger partial charge < -0.3 is 4.52 Å². The molecule has 1 aromatic carbocycles. The molecule has 16 heavy (non-hydrogen) atoms. The lowest BCUT2D eigenvalue weighted by atomic mass is 10.0. The van der Waals surface area contributed by atoms with Crippen LogP contribution in [0.1, 0.15) is 21.7 Å². The van der Waals surface area contributed by atoms with Crippen LogP contribution in [-0.4, -0.2) is 10.9 Å². The molecule has 0 bridgehead atoms. The Morgan fingerprint density at radius 2 is 2.06 bits per heavy atom. The second-order valence-corrected chi connectivity index (χ2v) is 3.25. The molecule has 2 aromatic rings. The molecule has 0 aliphatic rings. The molecule has 0 saturated heterocycles. The van der Waals surface area contributed by atoms with Gasteiger partial charge in [0.25, 0.3) is 0 Å². The fourth-order valence-corrected chi connectivity index (χ4v) is 1.34. The van der Waals surface area contributed by atoms with Crippen LogP contribution in [0.5, 0.6) is 0 Å². The van der Waals surface area contributed by atoms with Gasteiger partial charge in [0.05, 0.1) is 17.3 Å². The molecule has 2 rings (SSSR count). The standard InChI is InChI=1S/C11H7F2NO2/c1-6-9(5-14-16-6)11(15)8-3-2-7(12)4-10(8)13/h2-5H,1H3. The molecule has 0 N–H and O–H groups in total. The number of benzene rings is 1. The summed E-state index contributed by atoms with van der Waals surface area (Å²) in [4.78, 5) is 11.8. The molecule has 0 aliphatic heterocycles. The van der Waals surface area contributed by atoms with Crippen molar-refractivity contribution in [1.82, 2.24) is 5.16 Å². The predicted octanol–water partition coefficient (Wildman–Crippen LogP) is 2.49. The first-order valence-corrected chi connectivity index (χ1v) is 4.50. The van der Waals surface area contributed by atoms with E-state index < -0.39 is 17.4 Å². The van der Waals surface area contributed by atoms with Crippen molar-refractivity contribution in [2.24, 2.45) is 0 Å². The molecule has 1 heterocycles. The highest BCUT2D eigenvalue weighted by atomic mass is 19.1. The molecular weight excluding hydrogens is 216 g/mol. The topological polar surface area (TPSA) is 43.1 Å². The van der Waals surface area contributed by atoms with Gasteiger partial charge in [0, 0.05) is 6.07 Å². The normalized spacial score (nSPS) is 10.4. The van der Waals surface area contributed by atoms with E-state index in [1.54, 1.807) is 6.92 Å². The molecule has 0 fully saturated rings. The maximum atomic E-state index is 13.3. The lowest BCUT2D eigenvalue weighted by Crippen LogP contribution is -2.04. The summed E-state index contributed by atoms with van der Waals surface area (Å²) >= 11 is 0. The Balaban J connectivity index is 2.46. The zero-order valence-electron chi connectivity index (χ0n) is 8.33. The number of ketones is 1. The SMILES string of the molecule is Cc1oncc1C(=O)c1ccc(F)cc1F. The highest BCUT2D eigenvalue weighted by Crippen LogP contribution is 2.16. The lowest BCUT2D eigenvalue weighted by molar-refractivity contribution is 0.103. The van der Waals surface area contributed by atoms with E-state index in [-0.39, 0.29) is 11.1 Å². The van der Waals surface area contributed by atoms with Gasteiger partial charge in [-0.05, 0) is 19.1 Å². The van der Waals surface area contributed by atoms with Gasteiger partial charge in [-0.15, -0.1) is 0 Å². The molecule has 0 aliphatic carbocycles. The monoisotopic (exact) mass is 223 g/mol. The fraction of sp³-hybridized carbons (Fsp3) is 0.0909. The van der Waals surface area contributed by atoms with E-state index in [9.17, 15) is 13.6 Å². The number of hydrogen-bond acceptors (Lipinski definition) is 3. The Bertz CT molecular complexity index is 549. The van der Waals surface area contributed by atoms with E-state index in [1.807, 2.05) is 0 Å². The second kappa shape index (κ2) is 3.84. The number of hydrogen-bond donors (Lipinski definition) is 0. The predicted molar refractivity (Wildman–Crippen MR) is 51.0 cm³/mol. The zero-order valence-corrected chi connectivity index (χ0v) is 8.33. The van der Waals surface area contributed by atoms with Gasteiger partial charge in [-0.3, -0.25) is 4.79 Å². The summed E-state index contributed by atoms with van der Waals surface area (Å²) < 4.78 is 30.7. The molecule has 0 saturated carbocycles. The number of carbonyl (C=O) groups excluding carboxylic acids is 1. The summed E-state index contributed by atoms with van der Waals surface area (Å²) in [6.45, 7) is 1.54. The Morgan fingerprint density at radius 3 is 2.62 bits per heavy atom. The summed E-state index contributed by atoms with van der Waals surface area (Å²) in [5.74, 6) is -1.90. The van der Waals surface area contributed by atoms with E-state index in [0.717, 1.165) is 12.1 Å². The summed E-state index contributed by atoms with van der Waals surface area (Å²) in [5.41, 5.74) is -0.0294. The molecular formula is C11H7F2NO2. The van der Waals surface area contributed by atoms with Crippen molar-refractivity contribution < 1.29 is 18.1 Å². The number of aromatic nitrogens is 1. The van der Waals surface area contributed by atoms with Crippen LogP contribution < -0.4 is 0 Å². The zero-order chi connectivity index (χ0) is 11.7. The summed E-state index contributed by atoms with van der Waals surface area (Å²) in [6.07, 6.45) is 1.21. The van der Waals surface area contributed by atoms with Gasteiger partial charge in [-0.1, -0.05) is 5.16 Å². The summed E-state index contributed by atoms with van der Waals surface area (Å²) in [7, 11) is 0. The number of carbonyl (C=O) groups is 1. The minimum atomic E-state index is -0.898. The first-order valence-electron chi connectivity index (χ1n) is 4.50. The molecule has 82 valence electrons. The van der Waals surface area contributed by atoms with E-state index in [4.69, 9.17) is 4.52 Å². The van der Waals surface area contributed by atoms with Crippen LogP contribution in [0, 0.1) is 18.6 Å². The first-order chi connectivity index (χ1) is 7.59. The Morgan fingerprint density at radius 1 is 1.31 bits per heavy atom. The van der Waals surface area contributed by atoms with Gasteiger partial charge in [0.15, 0.2) is 0 Å². The Labute approximate surface area is 89.7 Å². The maximum Gasteiger partial charge on any atom is 0.201 e. The maximum absolute atomic E-state index is 13.3. The number of nitrogens with zero attached hydrogens (tertiary/aromatic N) is 1. The highest BCUT2D eigenvalue weighted by molar-refractivity contribution is 6.09. The van der Waals surface area contributed by atoms with Crippen molar-refractivity contribution in [2.75, 3.05) is 0 Å². The quantitative estimate of drug-likeness (QED) is 0.734. The van der Waals surface area contributed by atoms with Crippen LogP contribution in [0.2, 0.25) is 0 Å². The average Bonchev–Trinajstić information content (AvgIpc) is 2.63. The van der Waals surface area contributed by atoms with Gasteiger partial charge in [0.1, 0.15) is 17.4 Å². The number of halogens is 2. The minimum absolute atomic E-state index is 0.172. The Hall–Kier alpha value is -2.04. The van der Waals surface area contributed by atoms with Crippen LogP contribution in [0.3, 0.4) is 0 Å². The van der Waals surface area contributed by atoms with Gasteiger partial charge >= 0.3 is 0 Å². The van der Waals surface area contributed by atoms with Crippen molar-refractivity contribution in [1.29, 1.82) is 0 Å². The molecule has 0 radical (unpaired) electrons. The lowest BCUT2D eigenvalue weighted by Gasteiger charge is -2.00. The van der Waals surface area contributed by atoms with Gasteiger partial charge in [-0.2, -0.15) is 0 Å². The molecule has 0 atom stereocenters. The molecule has 5 heteroatoms. The third-order valence-corrected chi connectivity index (χ3v) is 2.17. The van der Waals surface area contributed by atoms with Crippen LogP contribution in [0.25, 0.3) is 0 Å². The molecule has 1 aromatic heterocycles. The fourth-order valence-electron chi connectivity index (χ4n) is 1.34. The minimum Gasteiger partial charge on any atom is -0.361 e. The van der Waals surface area contributed by atoms with Crippen LogP contribution in [0.15, 0.2) is 28.9 Å². The van der Waals surface area contributed by atoms with Crippen molar-refractivity contribution in [3.63, 3.8) is 0 Å². The second-order valence-electron chi connectivity index (χ2n) is 3.25. The molecule has 0 spiro atoms. The average molecular weight is 223 g/mol. The van der Waals surface area contributed by atoms with Gasteiger partial charge in [-0.25, -0.2) is 8.78 Å². The van der Waals surface area contributed by atoms with E-state index in [2.05, 4.69) is 5.16 Å². The summed E-state index contributed by atoms with van der Waals surface area (Å²) in [6, 6.07) is 2.79.